The Morgan fingerprint density at radius 3 is 1.62 bits per heavy atom. The number of benzene rings is 10. The molecule has 2 heterocycles. The number of furan rings is 1. The summed E-state index contributed by atoms with van der Waals surface area (Å²) in [6, 6.07) is 83.0. The van der Waals surface area contributed by atoms with Crippen molar-refractivity contribution < 1.29 is 4.42 Å². The fraction of sp³-hybridized carbons (Fsp3) is 0. The second kappa shape index (κ2) is 14.3. The molecule has 0 aliphatic rings. The minimum atomic E-state index is 0.877. The van der Waals surface area contributed by atoms with E-state index in [9.17, 15) is 0 Å². The Hall–Kier alpha value is -8.14. The lowest BCUT2D eigenvalue weighted by Gasteiger charge is -2.30. The molecule has 0 atom stereocenters. The number of nitrogens with zero attached hydrogens (tertiary/aromatic N) is 2. The zero-order valence-electron chi connectivity index (χ0n) is 33.2. The van der Waals surface area contributed by atoms with Crippen molar-refractivity contribution in [3.8, 4) is 39.1 Å². The van der Waals surface area contributed by atoms with Gasteiger partial charge in [-0.25, -0.2) is 0 Å². The molecule has 286 valence electrons. The van der Waals surface area contributed by atoms with Gasteiger partial charge in [0.1, 0.15) is 11.2 Å². The Morgan fingerprint density at radius 1 is 0.344 bits per heavy atom. The summed E-state index contributed by atoms with van der Waals surface area (Å²) in [5, 5.41) is 7.19. The molecule has 0 radical (unpaired) electrons. The van der Waals surface area contributed by atoms with Gasteiger partial charge in [0.05, 0.1) is 28.1 Å². The molecule has 0 aliphatic heterocycles. The number of hydrogen-bond acceptors (Lipinski definition) is 2. The quantitative estimate of drug-likeness (QED) is 0.161. The minimum absolute atomic E-state index is 0.877. The lowest BCUT2D eigenvalue weighted by molar-refractivity contribution is 0.669. The summed E-state index contributed by atoms with van der Waals surface area (Å²) in [4.78, 5) is 2.43. The Bertz CT molecular complexity index is 3540. The molecule has 3 heteroatoms. The van der Waals surface area contributed by atoms with Crippen molar-refractivity contribution in [1.29, 1.82) is 0 Å². The normalized spacial score (nSPS) is 11.6. The van der Waals surface area contributed by atoms with Crippen LogP contribution < -0.4 is 4.90 Å². The maximum atomic E-state index is 6.42. The van der Waals surface area contributed by atoms with Crippen LogP contribution >= 0.6 is 0 Å². The van der Waals surface area contributed by atoms with Crippen LogP contribution in [-0.2, 0) is 0 Å². The highest BCUT2D eigenvalue weighted by molar-refractivity contribution is 6.14. The predicted molar refractivity (Wildman–Crippen MR) is 257 cm³/mol. The van der Waals surface area contributed by atoms with E-state index in [1.165, 1.54) is 49.3 Å². The summed E-state index contributed by atoms with van der Waals surface area (Å²) in [5.74, 6) is 0. The molecule has 0 amide bonds. The zero-order chi connectivity index (χ0) is 40.3. The highest BCUT2D eigenvalue weighted by Crippen LogP contribution is 2.47. The smallest absolute Gasteiger partial charge is 0.136 e. The monoisotopic (exact) mass is 778 g/mol. The molecular weight excluding hydrogens is 741 g/mol. The predicted octanol–water partition coefficient (Wildman–Crippen LogP) is 16.3. The highest BCUT2D eigenvalue weighted by Gasteiger charge is 2.24. The first-order chi connectivity index (χ1) is 30.3. The average molecular weight is 779 g/mol. The number of anilines is 3. The maximum absolute atomic E-state index is 6.42. The van der Waals surface area contributed by atoms with Crippen LogP contribution in [-0.4, -0.2) is 4.57 Å². The topological polar surface area (TPSA) is 21.3 Å². The molecule has 0 aliphatic carbocycles. The SMILES string of the molecule is c1ccc(N(c2ccc(-c3ccc(-c4ccc5ccccc5c4)cc3)cc2)c2ccccc2-n2c3ccccc3c3ccccc32)c(-c2cccc3oc4ccccc4c23)c1. The molecule has 0 N–H and O–H groups in total. The lowest BCUT2D eigenvalue weighted by atomic mass is 9.96. The molecule has 0 saturated heterocycles. The number of hydrogen-bond donors (Lipinski definition) is 0. The molecule has 2 aromatic heterocycles. The minimum Gasteiger partial charge on any atom is -0.456 e. The van der Waals surface area contributed by atoms with Crippen molar-refractivity contribution in [3.63, 3.8) is 0 Å². The summed E-state index contributed by atoms with van der Waals surface area (Å²) < 4.78 is 8.84. The third-order valence-electron chi connectivity index (χ3n) is 12.2. The number of aromatic nitrogens is 1. The summed E-state index contributed by atoms with van der Waals surface area (Å²) >= 11 is 0. The van der Waals surface area contributed by atoms with Gasteiger partial charge < -0.3 is 13.9 Å². The maximum Gasteiger partial charge on any atom is 0.136 e. The molecule has 0 fully saturated rings. The van der Waals surface area contributed by atoms with Gasteiger partial charge >= 0.3 is 0 Å². The molecule has 3 nitrogen and oxygen atoms in total. The van der Waals surface area contributed by atoms with Gasteiger partial charge in [-0.3, -0.25) is 0 Å². The molecule has 0 bridgehead atoms. The van der Waals surface area contributed by atoms with Crippen LogP contribution in [0, 0.1) is 0 Å². The number of para-hydroxylation sites is 6. The molecule has 0 spiro atoms. The van der Waals surface area contributed by atoms with Gasteiger partial charge in [-0.1, -0.05) is 170 Å². The Balaban J connectivity index is 1.03. The van der Waals surface area contributed by atoms with Gasteiger partial charge in [-0.2, -0.15) is 0 Å². The summed E-state index contributed by atoms with van der Waals surface area (Å²) in [5.41, 5.74) is 15.4. The van der Waals surface area contributed by atoms with E-state index in [4.69, 9.17) is 4.42 Å². The second-order valence-corrected chi connectivity index (χ2v) is 15.7. The van der Waals surface area contributed by atoms with E-state index in [1.54, 1.807) is 0 Å². The van der Waals surface area contributed by atoms with Gasteiger partial charge in [0.15, 0.2) is 0 Å². The van der Waals surface area contributed by atoms with Crippen LogP contribution in [0.2, 0.25) is 0 Å². The fourth-order valence-electron chi connectivity index (χ4n) is 9.35. The van der Waals surface area contributed by atoms with Crippen LogP contribution in [0.4, 0.5) is 17.1 Å². The molecule has 61 heavy (non-hydrogen) atoms. The highest BCUT2D eigenvalue weighted by atomic mass is 16.3. The lowest BCUT2D eigenvalue weighted by Crippen LogP contribution is -2.14. The Morgan fingerprint density at radius 2 is 0.869 bits per heavy atom. The van der Waals surface area contributed by atoms with Crippen molar-refractivity contribution in [1.82, 2.24) is 4.57 Å². The molecule has 12 rings (SSSR count). The zero-order valence-corrected chi connectivity index (χ0v) is 33.2. The van der Waals surface area contributed by atoms with E-state index in [-0.39, 0.29) is 0 Å². The van der Waals surface area contributed by atoms with Crippen LogP contribution in [0.25, 0.3) is 93.6 Å². The second-order valence-electron chi connectivity index (χ2n) is 15.7. The fourth-order valence-corrected chi connectivity index (χ4v) is 9.35. The molecule has 12 aromatic rings. The van der Waals surface area contributed by atoms with Crippen molar-refractivity contribution in [2.75, 3.05) is 4.90 Å². The standard InChI is InChI=1S/C58H38N2O/c1-2-15-43-38-44(33-32-39(43)14-1)42-30-28-40(29-31-42)41-34-36-45(37-35-41)59(51-21-7-5-18-48(51)49-20-13-27-57-58(49)50-19-6-12-26-56(50)61-57)54-24-10-11-25-55(54)60-52-22-8-3-16-46(52)47-17-4-9-23-53(47)60/h1-38H. The third-order valence-corrected chi connectivity index (χ3v) is 12.2. The molecule has 10 aromatic carbocycles. The number of fused-ring (bicyclic) bond motifs is 7. The first-order valence-electron chi connectivity index (χ1n) is 20.8. The van der Waals surface area contributed by atoms with Crippen molar-refractivity contribution >= 4 is 71.6 Å². The largest absolute Gasteiger partial charge is 0.456 e. The van der Waals surface area contributed by atoms with E-state index in [0.29, 0.717) is 0 Å². The Labute approximate surface area is 353 Å². The summed E-state index contributed by atoms with van der Waals surface area (Å²) in [6.45, 7) is 0. The van der Waals surface area contributed by atoms with Crippen LogP contribution in [0.3, 0.4) is 0 Å². The number of rotatable bonds is 7. The van der Waals surface area contributed by atoms with Crippen LogP contribution in [0.1, 0.15) is 0 Å². The van der Waals surface area contributed by atoms with Gasteiger partial charge in [0, 0.05) is 32.8 Å². The average Bonchev–Trinajstić information content (AvgIpc) is 3.88. The van der Waals surface area contributed by atoms with E-state index in [0.717, 1.165) is 61.4 Å². The Kier molecular flexibility index (Phi) is 8.17. The van der Waals surface area contributed by atoms with Crippen LogP contribution in [0.5, 0.6) is 0 Å². The molecule has 0 unspecified atom stereocenters. The molecular formula is C58H38N2O. The van der Waals surface area contributed by atoms with Crippen molar-refractivity contribution in [2.45, 2.75) is 0 Å². The van der Waals surface area contributed by atoms with E-state index >= 15 is 0 Å². The summed E-state index contributed by atoms with van der Waals surface area (Å²) in [7, 11) is 0. The van der Waals surface area contributed by atoms with Gasteiger partial charge in [0.2, 0.25) is 0 Å². The van der Waals surface area contributed by atoms with E-state index in [1.807, 2.05) is 6.07 Å². The van der Waals surface area contributed by atoms with Gasteiger partial charge in [-0.05, 0) is 99.3 Å². The molecule has 0 saturated carbocycles. The van der Waals surface area contributed by atoms with Gasteiger partial charge in [-0.15, -0.1) is 0 Å². The first kappa shape index (κ1) is 34.9. The first-order valence-corrected chi connectivity index (χ1v) is 20.8. The van der Waals surface area contributed by atoms with Gasteiger partial charge in [0.25, 0.3) is 0 Å². The van der Waals surface area contributed by atoms with Crippen molar-refractivity contribution in [2.24, 2.45) is 0 Å². The summed E-state index contributed by atoms with van der Waals surface area (Å²) in [6.07, 6.45) is 0. The van der Waals surface area contributed by atoms with E-state index < -0.39 is 0 Å². The van der Waals surface area contributed by atoms with E-state index in [2.05, 4.69) is 234 Å². The van der Waals surface area contributed by atoms with Crippen molar-refractivity contribution in [3.05, 3.63) is 231 Å². The van der Waals surface area contributed by atoms with Crippen LogP contribution in [0.15, 0.2) is 235 Å². The third kappa shape index (κ3) is 5.82.